The molecule has 116 valence electrons. The quantitative estimate of drug-likeness (QED) is 0.782. The van der Waals surface area contributed by atoms with Crippen LogP contribution in [0.3, 0.4) is 0 Å². The molecule has 0 atom stereocenters. The molecule has 0 spiro atoms. The van der Waals surface area contributed by atoms with Crippen molar-refractivity contribution in [2.45, 2.75) is 0 Å². The molecule has 0 aliphatic rings. The molecule has 0 amide bonds. The summed E-state index contributed by atoms with van der Waals surface area (Å²) in [4.78, 5) is 11.7. The fourth-order valence-electron chi connectivity index (χ4n) is 2.21. The zero-order chi connectivity index (χ0) is 16.2. The summed E-state index contributed by atoms with van der Waals surface area (Å²) in [6.45, 7) is 0. The lowest BCUT2D eigenvalue weighted by molar-refractivity contribution is 0.0684. The molecule has 0 fully saturated rings. The van der Waals surface area contributed by atoms with Gasteiger partial charge < -0.3 is 14.6 Å². The van der Waals surface area contributed by atoms with Gasteiger partial charge in [-0.1, -0.05) is 30.3 Å². The number of hydrogen-bond acceptors (Lipinski definition) is 4. The molecule has 6 nitrogen and oxygen atoms in total. The Bertz CT molecular complexity index is 828. The first kappa shape index (κ1) is 14.6. The Labute approximate surface area is 132 Å². The summed E-state index contributed by atoms with van der Waals surface area (Å²) in [6, 6.07) is 16.0. The van der Waals surface area contributed by atoms with Crippen molar-refractivity contribution >= 4 is 5.97 Å². The van der Waals surface area contributed by atoms with E-state index in [1.165, 1.54) is 18.0 Å². The number of ether oxygens (including phenoxy) is 2. The summed E-state index contributed by atoms with van der Waals surface area (Å²) in [7, 11) is 1.52. The molecule has 1 heterocycles. The number of aromatic carboxylic acids is 1. The molecular weight excluding hydrogens is 296 g/mol. The summed E-state index contributed by atoms with van der Waals surface area (Å²) in [5.74, 6) is 0.0767. The molecule has 0 unspecified atom stereocenters. The number of para-hydroxylation sites is 3. The Balaban J connectivity index is 2.07. The Hall–Kier alpha value is -3.28. The molecule has 0 aliphatic heterocycles. The molecule has 2 aromatic carbocycles. The summed E-state index contributed by atoms with van der Waals surface area (Å²) in [5.41, 5.74) is 0.452. The van der Waals surface area contributed by atoms with E-state index in [4.69, 9.17) is 9.47 Å². The number of hydrogen-bond donors (Lipinski definition) is 1. The van der Waals surface area contributed by atoms with Gasteiger partial charge in [0, 0.05) is 0 Å². The largest absolute Gasteiger partial charge is 0.494 e. The van der Waals surface area contributed by atoms with Crippen LogP contribution < -0.4 is 9.47 Å². The van der Waals surface area contributed by atoms with Crippen LogP contribution in [0.15, 0.2) is 60.8 Å². The number of nitrogens with zero attached hydrogens (tertiary/aromatic N) is 2. The van der Waals surface area contributed by atoms with Crippen LogP contribution in [0.1, 0.15) is 10.5 Å². The fourth-order valence-corrected chi connectivity index (χ4v) is 2.21. The van der Waals surface area contributed by atoms with E-state index in [1.54, 1.807) is 48.5 Å². The topological polar surface area (TPSA) is 73.6 Å². The number of carbonyl (C=O) groups is 1. The number of carboxylic acids is 1. The first-order valence-corrected chi connectivity index (χ1v) is 6.88. The first-order valence-electron chi connectivity index (χ1n) is 6.88. The molecule has 0 bridgehead atoms. The van der Waals surface area contributed by atoms with Gasteiger partial charge in [0.2, 0.25) is 0 Å². The predicted octanol–water partition coefficient (Wildman–Crippen LogP) is 3.37. The van der Waals surface area contributed by atoms with E-state index in [0.29, 0.717) is 17.2 Å². The monoisotopic (exact) mass is 310 g/mol. The molecule has 0 aliphatic carbocycles. The number of methoxy groups -OCH3 is 1. The van der Waals surface area contributed by atoms with Crippen molar-refractivity contribution in [1.82, 2.24) is 9.78 Å². The van der Waals surface area contributed by atoms with Gasteiger partial charge in [0.05, 0.1) is 13.3 Å². The van der Waals surface area contributed by atoms with Crippen molar-refractivity contribution in [3.8, 4) is 22.9 Å². The van der Waals surface area contributed by atoms with Crippen LogP contribution in [-0.4, -0.2) is 28.0 Å². The number of aromatic nitrogens is 2. The zero-order valence-corrected chi connectivity index (χ0v) is 12.3. The molecule has 6 heteroatoms. The van der Waals surface area contributed by atoms with Crippen LogP contribution in [0.4, 0.5) is 0 Å². The lowest BCUT2D eigenvalue weighted by Gasteiger charge is -2.10. The second-order valence-corrected chi connectivity index (χ2v) is 4.66. The van der Waals surface area contributed by atoms with Gasteiger partial charge in [-0.2, -0.15) is 5.10 Å². The SMILES string of the molecule is COc1ccccc1-n1ncc(Oc2ccccc2)c1C(=O)O. The Morgan fingerprint density at radius 1 is 1.04 bits per heavy atom. The van der Waals surface area contributed by atoms with Crippen LogP contribution in [-0.2, 0) is 0 Å². The fraction of sp³-hybridized carbons (Fsp3) is 0.0588. The van der Waals surface area contributed by atoms with E-state index in [2.05, 4.69) is 5.10 Å². The van der Waals surface area contributed by atoms with Gasteiger partial charge in [0.15, 0.2) is 11.4 Å². The molecule has 23 heavy (non-hydrogen) atoms. The first-order chi connectivity index (χ1) is 11.2. The second-order valence-electron chi connectivity index (χ2n) is 4.66. The third kappa shape index (κ3) is 2.87. The minimum Gasteiger partial charge on any atom is -0.494 e. The second kappa shape index (κ2) is 6.23. The van der Waals surface area contributed by atoms with Gasteiger partial charge in [-0.15, -0.1) is 0 Å². The standard InChI is InChI=1S/C17H14N2O4/c1-22-14-10-6-5-9-13(14)19-16(17(20)21)15(11-18-19)23-12-7-3-2-4-8-12/h2-11H,1H3,(H,20,21). The summed E-state index contributed by atoms with van der Waals surface area (Å²) in [6.07, 6.45) is 1.38. The summed E-state index contributed by atoms with van der Waals surface area (Å²) in [5, 5.41) is 13.7. The molecule has 0 saturated carbocycles. The van der Waals surface area contributed by atoms with E-state index in [9.17, 15) is 9.90 Å². The minimum atomic E-state index is -1.14. The van der Waals surface area contributed by atoms with E-state index in [1.807, 2.05) is 6.07 Å². The van der Waals surface area contributed by atoms with Gasteiger partial charge in [0.1, 0.15) is 17.2 Å². The predicted molar refractivity (Wildman–Crippen MR) is 83.6 cm³/mol. The molecule has 1 aromatic heterocycles. The molecule has 1 N–H and O–H groups in total. The lowest BCUT2D eigenvalue weighted by atomic mass is 10.3. The van der Waals surface area contributed by atoms with Gasteiger partial charge in [-0.05, 0) is 24.3 Å². The molecule has 0 saturated heterocycles. The highest BCUT2D eigenvalue weighted by Crippen LogP contribution is 2.30. The van der Waals surface area contributed by atoms with Gasteiger partial charge in [0.25, 0.3) is 0 Å². The number of rotatable bonds is 5. The Morgan fingerprint density at radius 3 is 2.43 bits per heavy atom. The summed E-state index contributed by atoms with van der Waals surface area (Å²) < 4.78 is 12.2. The summed E-state index contributed by atoms with van der Waals surface area (Å²) >= 11 is 0. The highest BCUT2D eigenvalue weighted by atomic mass is 16.5. The lowest BCUT2D eigenvalue weighted by Crippen LogP contribution is -2.10. The number of carboxylic acid groups (broad SMARTS) is 1. The smallest absolute Gasteiger partial charge is 0.358 e. The molecule has 3 aromatic rings. The molecular formula is C17H14N2O4. The van der Waals surface area contributed by atoms with Crippen molar-refractivity contribution in [2.75, 3.05) is 7.11 Å². The van der Waals surface area contributed by atoms with Gasteiger partial charge >= 0.3 is 5.97 Å². The maximum Gasteiger partial charge on any atom is 0.358 e. The molecule has 3 rings (SSSR count). The van der Waals surface area contributed by atoms with E-state index in [-0.39, 0.29) is 11.4 Å². The highest BCUT2D eigenvalue weighted by molar-refractivity contribution is 5.90. The van der Waals surface area contributed by atoms with E-state index in [0.717, 1.165) is 0 Å². The van der Waals surface area contributed by atoms with Crippen molar-refractivity contribution in [3.05, 3.63) is 66.5 Å². The third-order valence-electron chi connectivity index (χ3n) is 3.22. The van der Waals surface area contributed by atoms with Crippen molar-refractivity contribution in [1.29, 1.82) is 0 Å². The number of benzene rings is 2. The van der Waals surface area contributed by atoms with E-state index >= 15 is 0 Å². The van der Waals surface area contributed by atoms with Crippen molar-refractivity contribution in [3.63, 3.8) is 0 Å². The maximum absolute atomic E-state index is 11.7. The van der Waals surface area contributed by atoms with Crippen molar-refractivity contribution < 1.29 is 19.4 Å². The van der Waals surface area contributed by atoms with E-state index < -0.39 is 5.97 Å². The Morgan fingerprint density at radius 2 is 1.74 bits per heavy atom. The van der Waals surface area contributed by atoms with Crippen LogP contribution >= 0.6 is 0 Å². The van der Waals surface area contributed by atoms with Crippen LogP contribution in [0, 0.1) is 0 Å². The Kier molecular flexibility index (Phi) is 3.97. The molecule has 0 radical (unpaired) electrons. The zero-order valence-electron chi connectivity index (χ0n) is 12.3. The highest BCUT2D eigenvalue weighted by Gasteiger charge is 2.22. The van der Waals surface area contributed by atoms with Crippen LogP contribution in [0.2, 0.25) is 0 Å². The van der Waals surface area contributed by atoms with Crippen LogP contribution in [0.5, 0.6) is 17.2 Å². The van der Waals surface area contributed by atoms with Gasteiger partial charge in [-0.25, -0.2) is 9.48 Å². The average Bonchev–Trinajstić information content (AvgIpc) is 2.99. The minimum absolute atomic E-state index is 0.0710. The average molecular weight is 310 g/mol. The van der Waals surface area contributed by atoms with Gasteiger partial charge in [-0.3, -0.25) is 0 Å². The van der Waals surface area contributed by atoms with Crippen molar-refractivity contribution in [2.24, 2.45) is 0 Å². The normalized spacial score (nSPS) is 10.3. The maximum atomic E-state index is 11.7. The van der Waals surface area contributed by atoms with Crippen LogP contribution in [0.25, 0.3) is 5.69 Å². The third-order valence-corrected chi connectivity index (χ3v) is 3.22.